The highest BCUT2D eigenvalue weighted by Crippen LogP contribution is 2.59. The first-order valence-electron chi connectivity index (χ1n) is 18.5. The zero-order valence-electron chi connectivity index (χ0n) is 29.8. The number of fused-ring (bicyclic) bond motifs is 5. The number of hydrogen-bond donors (Lipinski definition) is 0. The molecule has 0 bridgehead atoms. The molecule has 7 aromatic rings. The number of benzene rings is 6. The van der Waals surface area contributed by atoms with Gasteiger partial charge in [-0.3, -0.25) is 0 Å². The van der Waals surface area contributed by atoms with Crippen LogP contribution >= 0.6 is 0 Å². The Morgan fingerprint density at radius 1 is 0.585 bits per heavy atom. The maximum atomic E-state index is 5.13. The summed E-state index contributed by atoms with van der Waals surface area (Å²) in [6.45, 7) is 4.82. The van der Waals surface area contributed by atoms with Crippen LogP contribution < -0.4 is 4.90 Å². The van der Waals surface area contributed by atoms with Gasteiger partial charge in [0, 0.05) is 39.4 Å². The third-order valence-corrected chi connectivity index (χ3v) is 11.4. The van der Waals surface area contributed by atoms with Crippen LogP contribution in [-0.2, 0) is 0 Å². The van der Waals surface area contributed by atoms with Crippen LogP contribution in [0.3, 0.4) is 0 Å². The molecular weight excluding hydrogens is 645 g/mol. The van der Waals surface area contributed by atoms with Gasteiger partial charge >= 0.3 is 0 Å². The fourth-order valence-electron chi connectivity index (χ4n) is 8.99. The minimum atomic E-state index is -0.306. The lowest BCUT2D eigenvalue weighted by Crippen LogP contribution is -2.45. The van der Waals surface area contributed by atoms with E-state index in [2.05, 4.69) is 152 Å². The molecule has 0 saturated heterocycles. The lowest BCUT2D eigenvalue weighted by atomic mass is 9.70. The monoisotopic (exact) mass is 682 g/mol. The fourth-order valence-corrected chi connectivity index (χ4v) is 8.99. The smallest absolute Gasteiger partial charge is 0.164 e. The van der Waals surface area contributed by atoms with Crippen LogP contribution in [0.1, 0.15) is 42.9 Å². The van der Waals surface area contributed by atoms with Gasteiger partial charge in [-0.2, -0.15) is 0 Å². The summed E-state index contributed by atoms with van der Waals surface area (Å²) < 4.78 is 0. The third kappa shape index (κ3) is 5.08. The lowest BCUT2D eigenvalue weighted by Gasteiger charge is -2.43. The molecule has 3 atom stereocenters. The van der Waals surface area contributed by atoms with Crippen molar-refractivity contribution < 1.29 is 0 Å². The van der Waals surface area contributed by atoms with Gasteiger partial charge in [0.15, 0.2) is 17.5 Å². The zero-order chi connectivity index (χ0) is 35.5. The molecule has 0 N–H and O–H groups in total. The van der Waals surface area contributed by atoms with Crippen molar-refractivity contribution in [1.82, 2.24) is 15.0 Å². The Morgan fingerprint density at radius 3 is 1.83 bits per heavy atom. The van der Waals surface area contributed by atoms with Gasteiger partial charge in [0.05, 0.1) is 5.54 Å². The maximum Gasteiger partial charge on any atom is 0.164 e. The van der Waals surface area contributed by atoms with Gasteiger partial charge in [0.25, 0.3) is 0 Å². The van der Waals surface area contributed by atoms with Crippen LogP contribution in [0.2, 0.25) is 0 Å². The minimum absolute atomic E-state index is 0.235. The summed E-state index contributed by atoms with van der Waals surface area (Å²) in [5, 5.41) is 2.28. The Morgan fingerprint density at radius 2 is 1.15 bits per heavy atom. The van der Waals surface area contributed by atoms with Crippen LogP contribution in [-0.4, -0.2) is 20.5 Å². The standard InChI is InChI=1S/C49H38N4/c1-32-30-42-44(31-41(32)33-16-6-3-7-17-33)53(49(2)29-28-34-18-12-13-23-37(34)45(42)49)43-27-26-40(38-24-14-15-25-39(38)43)48-51-46(35-19-8-4-9-20-35)50-47(52-48)36-21-10-5-11-22-36/h3-29,31-32,45H,30H2,1-2H3. The molecule has 3 unspecified atom stereocenters. The van der Waals surface area contributed by atoms with Crippen LogP contribution in [0.25, 0.3) is 56.6 Å². The molecule has 4 heteroatoms. The first-order valence-corrected chi connectivity index (χ1v) is 18.5. The van der Waals surface area contributed by atoms with Gasteiger partial charge in [-0.05, 0) is 70.7 Å². The zero-order valence-corrected chi connectivity index (χ0v) is 29.8. The average Bonchev–Trinajstić information content (AvgIpc) is 3.48. The van der Waals surface area contributed by atoms with Gasteiger partial charge in [0.1, 0.15) is 0 Å². The van der Waals surface area contributed by atoms with E-state index in [1.54, 1.807) is 0 Å². The Kier molecular flexibility index (Phi) is 7.33. The summed E-state index contributed by atoms with van der Waals surface area (Å²) in [5.74, 6) is 2.62. The van der Waals surface area contributed by atoms with Crippen molar-refractivity contribution in [3.8, 4) is 34.2 Å². The molecule has 1 aromatic heterocycles. The second-order valence-corrected chi connectivity index (χ2v) is 14.7. The van der Waals surface area contributed by atoms with Gasteiger partial charge in [-0.1, -0.05) is 159 Å². The van der Waals surface area contributed by atoms with E-state index in [1.807, 2.05) is 36.4 Å². The minimum Gasteiger partial charge on any atom is -0.331 e. The number of rotatable bonds is 5. The summed E-state index contributed by atoms with van der Waals surface area (Å²) in [7, 11) is 0. The topological polar surface area (TPSA) is 41.9 Å². The van der Waals surface area contributed by atoms with Gasteiger partial charge in [0.2, 0.25) is 0 Å². The molecule has 0 saturated carbocycles. The maximum absolute atomic E-state index is 5.13. The first-order chi connectivity index (χ1) is 26.1. The molecule has 254 valence electrons. The Bertz CT molecular complexity index is 2570. The van der Waals surface area contributed by atoms with Crippen molar-refractivity contribution in [1.29, 1.82) is 0 Å². The number of aromatic nitrogens is 3. The number of nitrogens with zero attached hydrogens (tertiary/aromatic N) is 4. The highest BCUT2D eigenvalue weighted by molar-refractivity contribution is 6.04. The van der Waals surface area contributed by atoms with E-state index in [0.29, 0.717) is 23.4 Å². The van der Waals surface area contributed by atoms with E-state index < -0.39 is 0 Å². The second kappa shape index (κ2) is 12.4. The molecule has 0 spiro atoms. The molecule has 1 aliphatic heterocycles. The first kappa shape index (κ1) is 31.4. The molecule has 6 aromatic carbocycles. The third-order valence-electron chi connectivity index (χ3n) is 11.4. The fraction of sp³-hybridized carbons (Fsp3) is 0.122. The quantitative estimate of drug-likeness (QED) is 0.181. The van der Waals surface area contributed by atoms with E-state index >= 15 is 0 Å². The Labute approximate surface area is 310 Å². The summed E-state index contributed by atoms with van der Waals surface area (Å²) >= 11 is 0. The molecule has 3 aliphatic rings. The molecule has 53 heavy (non-hydrogen) atoms. The number of hydrogen-bond acceptors (Lipinski definition) is 4. The van der Waals surface area contributed by atoms with Crippen LogP contribution in [0.4, 0.5) is 5.69 Å². The van der Waals surface area contributed by atoms with Crippen molar-refractivity contribution in [2.24, 2.45) is 5.92 Å². The lowest BCUT2D eigenvalue weighted by molar-refractivity contribution is 0.507. The molecule has 10 rings (SSSR count). The number of allylic oxidation sites excluding steroid dienone is 2. The van der Waals surface area contributed by atoms with Crippen molar-refractivity contribution in [3.05, 3.63) is 192 Å². The molecule has 4 nitrogen and oxygen atoms in total. The van der Waals surface area contributed by atoms with Crippen molar-refractivity contribution in [3.63, 3.8) is 0 Å². The van der Waals surface area contributed by atoms with E-state index in [1.165, 1.54) is 44.6 Å². The van der Waals surface area contributed by atoms with Crippen LogP contribution in [0.15, 0.2) is 175 Å². The summed E-state index contributed by atoms with van der Waals surface area (Å²) in [6, 6.07) is 53.5. The highest BCUT2D eigenvalue weighted by Gasteiger charge is 2.52. The van der Waals surface area contributed by atoms with Crippen molar-refractivity contribution in [2.45, 2.75) is 31.7 Å². The van der Waals surface area contributed by atoms with Crippen molar-refractivity contribution >= 4 is 28.1 Å². The van der Waals surface area contributed by atoms with Gasteiger partial charge in [-0.15, -0.1) is 0 Å². The van der Waals surface area contributed by atoms with E-state index in [0.717, 1.165) is 28.5 Å². The molecule has 0 amide bonds. The summed E-state index contributed by atoms with van der Waals surface area (Å²) in [4.78, 5) is 17.9. The van der Waals surface area contributed by atoms with Crippen molar-refractivity contribution in [2.75, 3.05) is 4.90 Å². The Balaban J connectivity index is 1.19. The molecule has 2 aliphatic carbocycles. The van der Waals surface area contributed by atoms with E-state index in [9.17, 15) is 0 Å². The second-order valence-electron chi connectivity index (χ2n) is 14.7. The molecular formula is C49H38N4. The molecule has 0 fully saturated rings. The van der Waals surface area contributed by atoms with Gasteiger partial charge < -0.3 is 4.90 Å². The summed E-state index contributed by atoms with van der Waals surface area (Å²) in [5.41, 5.74) is 12.0. The highest BCUT2D eigenvalue weighted by atomic mass is 15.2. The molecule has 2 heterocycles. The van der Waals surface area contributed by atoms with E-state index in [-0.39, 0.29) is 11.5 Å². The SMILES string of the molecule is CC1CC2=C(C=C1c1ccccc1)N(c1ccc(-c3nc(-c4ccccc4)nc(-c4ccccc4)n3)c3ccccc13)C1(C)C=Cc3ccccc3C21. The normalized spacial score (nSPS) is 20.2. The Hall–Kier alpha value is -6.39. The number of anilines is 1. The predicted octanol–water partition coefficient (Wildman–Crippen LogP) is 11.8. The average molecular weight is 683 g/mol. The molecule has 0 radical (unpaired) electrons. The van der Waals surface area contributed by atoms with Crippen LogP contribution in [0.5, 0.6) is 0 Å². The van der Waals surface area contributed by atoms with Gasteiger partial charge in [-0.25, -0.2) is 15.0 Å². The largest absolute Gasteiger partial charge is 0.331 e. The van der Waals surface area contributed by atoms with E-state index in [4.69, 9.17) is 15.0 Å². The summed E-state index contributed by atoms with van der Waals surface area (Å²) in [6.07, 6.45) is 8.29. The van der Waals surface area contributed by atoms with Crippen LogP contribution in [0, 0.1) is 5.92 Å². The predicted molar refractivity (Wildman–Crippen MR) is 218 cm³/mol.